The van der Waals surface area contributed by atoms with Crippen molar-refractivity contribution in [3.8, 4) is 16.2 Å². The lowest BCUT2D eigenvalue weighted by Gasteiger charge is -2.28. The van der Waals surface area contributed by atoms with Crippen molar-refractivity contribution in [2.75, 3.05) is 20.2 Å². The van der Waals surface area contributed by atoms with E-state index in [9.17, 15) is 18.0 Å². The monoisotopic (exact) mass is 642 g/mol. The van der Waals surface area contributed by atoms with Crippen LogP contribution in [0.2, 0.25) is 0 Å². The molecular weight excluding hydrogens is 601 g/mol. The number of oxime groups is 1. The number of benzene rings is 1. The number of nitrogens with one attached hydrogen (secondary N) is 2. The SMILES string of the molecule is C=C[C@@H]1C[C@@]1(NC(=O)C1CC(O/N=C/c2cc(OC)ccc2-c2cccs2)CN1CCC(C)(C)C)C(=O)NS(=O)(=O)C1CC1. The van der Waals surface area contributed by atoms with E-state index < -0.39 is 32.8 Å². The maximum atomic E-state index is 13.8. The summed E-state index contributed by atoms with van der Waals surface area (Å²) in [5, 5.41) is 8.73. The van der Waals surface area contributed by atoms with Crippen LogP contribution in [0.1, 0.15) is 58.4 Å². The zero-order valence-corrected chi connectivity index (χ0v) is 27.4. The molecule has 5 rings (SSSR count). The summed E-state index contributed by atoms with van der Waals surface area (Å²) in [6.07, 6.45) is 5.51. The number of hydrogen-bond acceptors (Lipinski definition) is 9. The van der Waals surface area contributed by atoms with E-state index in [4.69, 9.17) is 9.57 Å². The second-order valence-electron chi connectivity index (χ2n) is 13.1. The van der Waals surface area contributed by atoms with E-state index >= 15 is 0 Å². The van der Waals surface area contributed by atoms with E-state index in [2.05, 4.69) is 47.4 Å². The fourth-order valence-electron chi connectivity index (χ4n) is 5.56. The summed E-state index contributed by atoms with van der Waals surface area (Å²) in [7, 11) is -2.14. The summed E-state index contributed by atoms with van der Waals surface area (Å²) in [4.78, 5) is 36.1. The van der Waals surface area contributed by atoms with E-state index in [1.54, 1.807) is 30.7 Å². The molecule has 12 heteroatoms. The van der Waals surface area contributed by atoms with Gasteiger partial charge in [-0.05, 0) is 67.3 Å². The number of carbonyl (C=O) groups excluding carboxylic acids is 2. The molecule has 1 aromatic carbocycles. The van der Waals surface area contributed by atoms with Crippen molar-refractivity contribution in [2.24, 2.45) is 16.5 Å². The second kappa shape index (κ2) is 12.6. The summed E-state index contributed by atoms with van der Waals surface area (Å²) in [6.45, 7) is 11.4. The highest BCUT2D eigenvalue weighted by atomic mass is 32.2. The molecule has 2 amide bonds. The number of nitrogens with zero attached hydrogens (tertiary/aromatic N) is 2. The lowest BCUT2D eigenvalue weighted by molar-refractivity contribution is -0.132. The fourth-order valence-corrected chi connectivity index (χ4v) is 7.70. The van der Waals surface area contributed by atoms with E-state index in [0.717, 1.165) is 22.4 Å². The van der Waals surface area contributed by atoms with E-state index in [-0.39, 0.29) is 23.3 Å². The van der Waals surface area contributed by atoms with Gasteiger partial charge in [0.05, 0.1) is 24.6 Å². The molecule has 2 aromatic rings. The van der Waals surface area contributed by atoms with Crippen LogP contribution in [0.25, 0.3) is 10.4 Å². The molecule has 0 spiro atoms. The average molecular weight is 643 g/mol. The van der Waals surface area contributed by atoms with Gasteiger partial charge < -0.3 is 14.9 Å². The molecule has 3 fully saturated rings. The van der Waals surface area contributed by atoms with Crippen LogP contribution in [-0.4, -0.2) is 74.5 Å². The Morgan fingerprint density at radius 2 is 2.02 bits per heavy atom. The number of methoxy groups -OCH3 is 1. The molecule has 44 heavy (non-hydrogen) atoms. The maximum Gasteiger partial charge on any atom is 0.259 e. The molecule has 0 radical (unpaired) electrons. The van der Waals surface area contributed by atoms with Crippen LogP contribution in [0.3, 0.4) is 0 Å². The molecule has 0 bridgehead atoms. The van der Waals surface area contributed by atoms with Crippen LogP contribution in [-0.2, 0) is 24.4 Å². The number of ether oxygens (including phenoxy) is 1. The largest absolute Gasteiger partial charge is 0.497 e. The second-order valence-corrected chi connectivity index (χ2v) is 16.0. The van der Waals surface area contributed by atoms with Crippen LogP contribution < -0.4 is 14.8 Å². The molecule has 238 valence electrons. The lowest BCUT2D eigenvalue weighted by Crippen LogP contribution is -2.56. The van der Waals surface area contributed by atoms with Crippen molar-refractivity contribution in [1.82, 2.24) is 14.9 Å². The zero-order chi connectivity index (χ0) is 31.7. The zero-order valence-electron chi connectivity index (χ0n) is 25.7. The first kappa shape index (κ1) is 32.2. The molecule has 2 unspecified atom stereocenters. The van der Waals surface area contributed by atoms with Gasteiger partial charge in [-0.15, -0.1) is 17.9 Å². The molecule has 1 aliphatic heterocycles. The number of likely N-dealkylation sites (tertiary alicyclic amines) is 1. The third kappa shape index (κ3) is 7.35. The highest BCUT2D eigenvalue weighted by molar-refractivity contribution is 7.91. The van der Waals surface area contributed by atoms with Crippen LogP contribution in [0.5, 0.6) is 5.75 Å². The van der Waals surface area contributed by atoms with Crippen molar-refractivity contribution in [2.45, 2.75) is 75.8 Å². The molecule has 2 saturated carbocycles. The number of sulfonamides is 1. The van der Waals surface area contributed by atoms with Gasteiger partial charge in [0.2, 0.25) is 15.9 Å². The third-order valence-electron chi connectivity index (χ3n) is 8.51. The Kier molecular flexibility index (Phi) is 9.25. The molecule has 2 N–H and O–H groups in total. The number of hydrogen-bond donors (Lipinski definition) is 2. The van der Waals surface area contributed by atoms with Crippen molar-refractivity contribution in [1.29, 1.82) is 0 Å². The number of rotatable bonds is 13. The Labute approximate surface area is 263 Å². The third-order valence-corrected chi connectivity index (χ3v) is 11.2. The van der Waals surface area contributed by atoms with Crippen LogP contribution in [0, 0.1) is 11.3 Å². The van der Waals surface area contributed by atoms with Gasteiger partial charge in [-0.25, -0.2) is 8.42 Å². The smallest absolute Gasteiger partial charge is 0.259 e. The summed E-state index contributed by atoms with van der Waals surface area (Å²) in [6, 6.07) is 9.28. The summed E-state index contributed by atoms with van der Waals surface area (Å²) in [5.74, 6) is -0.662. The molecule has 1 saturated heterocycles. The Balaban J connectivity index is 1.30. The minimum absolute atomic E-state index is 0.0470. The van der Waals surface area contributed by atoms with Crippen molar-refractivity contribution >= 4 is 39.4 Å². The molecular formula is C32H42N4O6S2. The van der Waals surface area contributed by atoms with Crippen LogP contribution >= 0.6 is 11.3 Å². The Bertz CT molecular complexity index is 1510. The van der Waals surface area contributed by atoms with E-state index in [0.29, 0.717) is 44.5 Å². The lowest BCUT2D eigenvalue weighted by atomic mass is 9.92. The molecule has 4 atom stereocenters. The van der Waals surface area contributed by atoms with Gasteiger partial charge in [-0.1, -0.05) is 38.1 Å². The van der Waals surface area contributed by atoms with Gasteiger partial charge in [0.25, 0.3) is 5.91 Å². The first-order valence-electron chi connectivity index (χ1n) is 15.0. The van der Waals surface area contributed by atoms with Gasteiger partial charge >= 0.3 is 0 Å². The fraction of sp³-hybridized carbons (Fsp3) is 0.531. The topological polar surface area (TPSA) is 126 Å². The normalized spacial score (nSPS) is 25.5. The number of amides is 2. The van der Waals surface area contributed by atoms with Crippen molar-refractivity contribution in [3.05, 3.63) is 53.9 Å². The quantitative estimate of drug-likeness (QED) is 0.189. The van der Waals surface area contributed by atoms with Gasteiger partial charge in [-0.2, -0.15) is 0 Å². The molecule has 1 aromatic heterocycles. The highest BCUT2D eigenvalue weighted by Gasteiger charge is 2.61. The Hall–Kier alpha value is -3.22. The first-order valence-corrected chi connectivity index (χ1v) is 17.4. The van der Waals surface area contributed by atoms with Gasteiger partial charge in [-0.3, -0.25) is 19.2 Å². The standard InChI is InChI=1S/C32H42N4O6S2/c1-6-22-18-32(22,30(38)35-44(39,40)25-10-11-25)34-29(37)27-17-24(20-36(27)14-13-31(2,3)4)42-33-19-21-16-23(41-5)9-12-26(21)28-8-7-15-43-28/h6-9,12,15-16,19,22,24-25,27H,1,10-11,13-14,17-18,20H2,2-5H3,(H,34,37)(H,35,38)/b33-19+/t22-,24?,27?,32+/m1/s1. The predicted molar refractivity (Wildman–Crippen MR) is 172 cm³/mol. The summed E-state index contributed by atoms with van der Waals surface area (Å²) < 4.78 is 32.6. The first-order chi connectivity index (χ1) is 20.8. The highest BCUT2D eigenvalue weighted by Crippen LogP contribution is 2.45. The number of carbonyl (C=O) groups is 2. The van der Waals surface area contributed by atoms with Gasteiger partial charge in [0.1, 0.15) is 17.4 Å². The number of thiophene rings is 1. The van der Waals surface area contributed by atoms with Gasteiger partial charge in [0.15, 0.2) is 0 Å². The molecule has 3 aliphatic rings. The average Bonchev–Trinajstić information content (AvgIpc) is 3.85. The van der Waals surface area contributed by atoms with Crippen molar-refractivity contribution in [3.63, 3.8) is 0 Å². The predicted octanol–water partition coefficient (Wildman–Crippen LogP) is 4.32. The van der Waals surface area contributed by atoms with Crippen LogP contribution in [0.4, 0.5) is 0 Å². The van der Waals surface area contributed by atoms with E-state index in [1.165, 1.54) is 0 Å². The minimum atomic E-state index is -3.75. The maximum absolute atomic E-state index is 13.8. The minimum Gasteiger partial charge on any atom is -0.497 e. The van der Waals surface area contributed by atoms with Crippen molar-refractivity contribution < 1.29 is 27.6 Å². The van der Waals surface area contributed by atoms with Gasteiger partial charge in [0, 0.05) is 34.9 Å². The molecule has 2 heterocycles. The summed E-state index contributed by atoms with van der Waals surface area (Å²) in [5.41, 5.74) is 0.586. The summed E-state index contributed by atoms with van der Waals surface area (Å²) >= 11 is 1.63. The Morgan fingerprint density at radius 3 is 2.64 bits per heavy atom. The molecule has 10 nitrogen and oxygen atoms in total. The van der Waals surface area contributed by atoms with Crippen LogP contribution in [0.15, 0.2) is 53.5 Å². The Morgan fingerprint density at radius 1 is 1.25 bits per heavy atom. The molecule has 2 aliphatic carbocycles. The van der Waals surface area contributed by atoms with E-state index in [1.807, 2.05) is 35.7 Å².